The number of hydrogen-bond acceptors (Lipinski definition) is 5. The Labute approximate surface area is 103 Å². The highest BCUT2D eigenvalue weighted by atomic mass is 16.5. The highest BCUT2D eigenvalue weighted by molar-refractivity contribution is 5.80. The summed E-state index contributed by atoms with van der Waals surface area (Å²) in [7, 11) is 1.66. The van der Waals surface area contributed by atoms with E-state index in [0.29, 0.717) is 19.6 Å². The van der Waals surface area contributed by atoms with Gasteiger partial charge in [-0.05, 0) is 19.4 Å². The van der Waals surface area contributed by atoms with E-state index in [4.69, 9.17) is 20.4 Å². The molecular weight excluding hydrogens is 222 g/mol. The molecule has 0 aliphatic heterocycles. The van der Waals surface area contributed by atoms with Crippen LogP contribution in [0.25, 0.3) is 0 Å². The number of rotatable bonds is 11. The highest BCUT2D eigenvalue weighted by Crippen LogP contribution is 1.97. The van der Waals surface area contributed by atoms with Crippen LogP contribution in [0.3, 0.4) is 0 Å². The van der Waals surface area contributed by atoms with Gasteiger partial charge in [0.2, 0.25) is 0 Å². The average Bonchev–Trinajstić information content (AvgIpc) is 2.35. The molecule has 4 N–H and O–H groups in total. The summed E-state index contributed by atoms with van der Waals surface area (Å²) in [5.41, 5.74) is 5.46. The van der Waals surface area contributed by atoms with Crippen molar-refractivity contribution in [1.82, 2.24) is 5.32 Å². The van der Waals surface area contributed by atoms with Crippen molar-refractivity contribution < 1.29 is 14.7 Å². The summed E-state index contributed by atoms with van der Waals surface area (Å²) < 4.78 is 10.2. The Bertz CT molecular complexity index is 200. The number of hydrogen-bond donors (Lipinski definition) is 3. The third-order valence-electron chi connectivity index (χ3n) is 2.41. The standard InChI is InChI=1S/C11H25N3O3/c1-3-10(9-11(12)14-15)13-5-4-6-17-8-7-16-2/h10,13,15H,3-9H2,1-2H3,(H2,12,14). The maximum absolute atomic E-state index is 8.47. The quantitative estimate of drug-likeness (QED) is 0.163. The van der Waals surface area contributed by atoms with Crippen LogP contribution in [0.5, 0.6) is 0 Å². The van der Waals surface area contributed by atoms with Crippen molar-refractivity contribution in [3.8, 4) is 0 Å². The van der Waals surface area contributed by atoms with Gasteiger partial charge in [-0.25, -0.2) is 0 Å². The molecule has 0 aliphatic rings. The molecule has 1 atom stereocenters. The summed E-state index contributed by atoms with van der Waals surface area (Å²) in [6, 6.07) is 0.255. The number of ether oxygens (including phenoxy) is 2. The molecule has 0 fully saturated rings. The Kier molecular flexibility index (Phi) is 11.0. The lowest BCUT2D eigenvalue weighted by Crippen LogP contribution is -2.34. The summed E-state index contributed by atoms with van der Waals surface area (Å²) in [6.45, 7) is 4.92. The van der Waals surface area contributed by atoms with Crippen LogP contribution < -0.4 is 11.1 Å². The predicted molar refractivity (Wildman–Crippen MR) is 67.4 cm³/mol. The normalized spacial score (nSPS) is 13.9. The maximum atomic E-state index is 8.47. The zero-order chi connectivity index (χ0) is 12.9. The highest BCUT2D eigenvalue weighted by Gasteiger charge is 2.07. The number of nitrogens with one attached hydrogen (secondary N) is 1. The maximum Gasteiger partial charge on any atom is 0.140 e. The van der Waals surface area contributed by atoms with Crippen LogP contribution in [0.2, 0.25) is 0 Å². The van der Waals surface area contributed by atoms with Crippen LogP contribution in [0.4, 0.5) is 0 Å². The molecule has 6 nitrogen and oxygen atoms in total. The first-order valence-electron chi connectivity index (χ1n) is 6.01. The van der Waals surface area contributed by atoms with Crippen molar-refractivity contribution in [3.05, 3.63) is 0 Å². The summed E-state index contributed by atoms with van der Waals surface area (Å²) >= 11 is 0. The zero-order valence-electron chi connectivity index (χ0n) is 10.8. The Morgan fingerprint density at radius 3 is 2.76 bits per heavy atom. The molecular formula is C11H25N3O3. The fourth-order valence-electron chi connectivity index (χ4n) is 1.38. The van der Waals surface area contributed by atoms with Gasteiger partial charge in [-0.1, -0.05) is 12.1 Å². The second-order valence-corrected chi connectivity index (χ2v) is 3.81. The molecule has 0 bridgehead atoms. The third kappa shape index (κ3) is 10.0. The molecule has 0 aliphatic carbocycles. The average molecular weight is 247 g/mol. The number of oxime groups is 1. The monoisotopic (exact) mass is 247 g/mol. The van der Waals surface area contributed by atoms with E-state index in [9.17, 15) is 0 Å². The first-order valence-corrected chi connectivity index (χ1v) is 6.01. The summed E-state index contributed by atoms with van der Waals surface area (Å²) in [4.78, 5) is 0. The van der Waals surface area contributed by atoms with Crippen LogP contribution in [-0.2, 0) is 9.47 Å². The Morgan fingerprint density at radius 2 is 2.18 bits per heavy atom. The molecule has 0 aromatic rings. The Hall–Kier alpha value is -0.850. The van der Waals surface area contributed by atoms with E-state index in [1.807, 2.05) is 0 Å². The molecule has 1 unspecified atom stereocenters. The molecule has 0 heterocycles. The molecule has 0 spiro atoms. The molecule has 0 amide bonds. The largest absolute Gasteiger partial charge is 0.409 e. The van der Waals surface area contributed by atoms with Crippen molar-refractivity contribution in [2.75, 3.05) is 33.5 Å². The van der Waals surface area contributed by atoms with Gasteiger partial charge in [0.1, 0.15) is 5.84 Å². The van der Waals surface area contributed by atoms with Crippen molar-refractivity contribution in [1.29, 1.82) is 0 Å². The minimum Gasteiger partial charge on any atom is -0.409 e. The smallest absolute Gasteiger partial charge is 0.140 e. The lowest BCUT2D eigenvalue weighted by atomic mass is 10.1. The van der Waals surface area contributed by atoms with Gasteiger partial charge in [0.05, 0.1) is 13.2 Å². The predicted octanol–water partition coefficient (Wildman–Crippen LogP) is 0.544. The lowest BCUT2D eigenvalue weighted by Gasteiger charge is -2.15. The summed E-state index contributed by atoms with van der Waals surface area (Å²) in [5.74, 6) is 0.265. The molecule has 0 rings (SSSR count). The second-order valence-electron chi connectivity index (χ2n) is 3.81. The molecule has 0 radical (unpaired) electrons. The number of methoxy groups -OCH3 is 1. The van der Waals surface area contributed by atoms with Crippen LogP contribution in [0, 0.1) is 0 Å². The first kappa shape index (κ1) is 16.1. The minimum atomic E-state index is 0.255. The van der Waals surface area contributed by atoms with Gasteiger partial charge in [-0.3, -0.25) is 0 Å². The van der Waals surface area contributed by atoms with Crippen molar-refractivity contribution >= 4 is 5.84 Å². The molecule has 6 heteroatoms. The number of amidine groups is 1. The fraction of sp³-hybridized carbons (Fsp3) is 0.909. The summed E-state index contributed by atoms with van der Waals surface area (Å²) in [5, 5.41) is 14.8. The SMILES string of the molecule is CCC(CC(N)=NO)NCCCOCCOC. The zero-order valence-corrected chi connectivity index (χ0v) is 10.8. The molecule has 102 valence electrons. The Balaban J connectivity index is 3.43. The number of nitrogens with two attached hydrogens (primary N) is 1. The number of nitrogens with zero attached hydrogens (tertiary/aromatic N) is 1. The van der Waals surface area contributed by atoms with E-state index in [0.717, 1.165) is 26.0 Å². The van der Waals surface area contributed by atoms with Crippen LogP contribution in [0.15, 0.2) is 5.16 Å². The second kappa shape index (κ2) is 11.6. The minimum absolute atomic E-state index is 0.255. The van der Waals surface area contributed by atoms with Gasteiger partial charge >= 0.3 is 0 Å². The van der Waals surface area contributed by atoms with Gasteiger partial charge in [-0.15, -0.1) is 0 Å². The van der Waals surface area contributed by atoms with E-state index >= 15 is 0 Å². The van der Waals surface area contributed by atoms with Crippen molar-refractivity contribution in [3.63, 3.8) is 0 Å². The molecule has 0 aromatic carbocycles. The van der Waals surface area contributed by atoms with Crippen molar-refractivity contribution in [2.45, 2.75) is 32.2 Å². The molecule has 0 saturated heterocycles. The fourth-order valence-corrected chi connectivity index (χ4v) is 1.38. The van der Waals surface area contributed by atoms with Gasteiger partial charge in [0.25, 0.3) is 0 Å². The van der Waals surface area contributed by atoms with E-state index in [2.05, 4.69) is 17.4 Å². The lowest BCUT2D eigenvalue weighted by molar-refractivity contribution is 0.0692. The molecule has 17 heavy (non-hydrogen) atoms. The van der Waals surface area contributed by atoms with Crippen LogP contribution in [0.1, 0.15) is 26.2 Å². The van der Waals surface area contributed by atoms with Crippen LogP contribution >= 0.6 is 0 Å². The van der Waals surface area contributed by atoms with Crippen molar-refractivity contribution in [2.24, 2.45) is 10.9 Å². The molecule has 0 saturated carbocycles. The van der Waals surface area contributed by atoms with E-state index < -0.39 is 0 Å². The Morgan fingerprint density at radius 1 is 1.41 bits per heavy atom. The van der Waals surface area contributed by atoms with Gasteiger partial charge in [0.15, 0.2) is 0 Å². The van der Waals surface area contributed by atoms with E-state index in [1.54, 1.807) is 7.11 Å². The summed E-state index contributed by atoms with van der Waals surface area (Å²) in [6.07, 6.45) is 2.45. The third-order valence-corrected chi connectivity index (χ3v) is 2.41. The van der Waals surface area contributed by atoms with Gasteiger partial charge in [0, 0.05) is 26.2 Å². The van der Waals surface area contributed by atoms with Gasteiger partial charge < -0.3 is 25.7 Å². The molecule has 0 aromatic heterocycles. The van der Waals surface area contributed by atoms with Crippen LogP contribution in [-0.4, -0.2) is 50.6 Å². The van der Waals surface area contributed by atoms with E-state index in [1.165, 1.54) is 0 Å². The first-order chi connectivity index (χ1) is 8.24. The van der Waals surface area contributed by atoms with E-state index in [-0.39, 0.29) is 11.9 Å². The topological polar surface area (TPSA) is 89.1 Å². The van der Waals surface area contributed by atoms with Gasteiger partial charge in [-0.2, -0.15) is 0 Å².